The van der Waals surface area contributed by atoms with Crippen molar-refractivity contribution in [1.29, 1.82) is 0 Å². The fourth-order valence-electron chi connectivity index (χ4n) is 3.54. The molecule has 0 aromatic carbocycles. The second-order valence-electron chi connectivity index (χ2n) is 7.24. The largest absolute Gasteiger partial charge is 0.481 e. The minimum atomic E-state index is -0.808. The molecule has 0 atom stereocenters. The lowest BCUT2D eigenvalue weighted by Gasteiger charge is -2.31. The Morgan fingerprint density at radius 1 is 1.26 bits per heavy atom. The predicted molar refractivity (Wildman–Crippen MR) is 100 cm³/mol. The third kappa shape index (κ3) is 4.87. The van der Waals surface area contributed by atoms with Crippen molar-refractivity contribution in [1.82, 2.24) is 19.6 Å². The van der Waals surface area contributed by atoms with Crippen LogP contribution in [0.2, 0.25) is 0 Å². The molecule has 1 N–H and O–H groups in total. The molecule has 0 spiro atoms. The zero-order valence-electron chi connectivity index (χ0n) is 16.6. The van der Waals surface area contributed by atoms with E-state index >= 15 is 0 Å². The first-order chi connectivity index (χ1) is 12.8. The van der Waals surface area contributed by atoms with E-state index in [2.05, 4.69) is 18.9 Å². The maximum atomic E-state index is 12.7. The number of aliphatic carboxylic acids is 1. The Labute approximate surface area is 160 Å². The minimum absolute atomic E-state index is 0.0343. The van der Waals surface area contributed by atoms with Crippen LogP contribution in [0.5, 0.6) is 0 Å². The molecule has 8 nitrogen and oxygen atoms in total. The number of hydrogen-bond donors (Lipinski definition) is 1. The summed E-state index contributed by atoms with van der Waals surface area (Å²) in [6.07, 6.45) is 2.79. The van der Waals surface area contributed by atoms with Gasteiger partial charge in [-0.1, -0.05) is 13.8 Å². The average Bonchev–Trinajstić information content (AvgIpc) is 3.03. The highest BCUT2D eigenvalue weighted by Gasteiger charge is 2.28. The molecule has 27 heavy (non-hydrogen) atoms. The first-order valence-corrected chi connectivity index (χ1v) is 9.60. The number of hydrogen-bond acceptors (Lipinski definition) is 4. The topological polar surface area (TPSA) is 95.7 Å². The van der Waals surface area contributed by atoms with Gasteiger partial charge in [-0.15, -0.1) is 0 Å². The highest BCUT2D eigenvalue weighted by Crippen LogP contribution is 2.19. The molecule has 1 aliphatic rings. The van der Waals surface area contributed by atoms with Crippen LogP contribution < -0.4 is 0 Å². The number of likely N-dealkylation sites (tertiary alicyclic amines) is 1. The second-order valence-corrected chi connectivity index (χ2v) is 7.24. The molecule has 0 unspecified atom stereocenters. The molecule has 2 rings (SSSR count). The van der Waals surface area contributed by atoms with Gasteiger partial charge in [-0.05, 0) is 38.7 Å². The summed E-state index contributed by atoms with van der Waals surface area (Å²) in [7, 11) is 1.59. The fraction of sp³-hybridized carbons (Fsp3) is 0.684. The number of carboxylic acids is 1. The van der Waals surface area contributed by atoms with Crippen molar-refractivity contribution >= 4 is 17.8 Å². The zero-order valence-corrected chi connectivity index (χ0v) is 16.6. The number of amides is 2. The average molecular weight is 378 g/mol. The predicted octanol–water partition coefficient (Wildman–Crippen LogP) is 1.95. The van der Waals surface area contributed by atoms with Crippen molar-refractivity contribution < 1.29 is 19.5 Å². The highest BCUT2D eigenvalue weighted by atomic mass is 16.4. The first kappa shape index (κ1) is 20.9. The maximum Gasteiger partial charge on any atom is 0.306 e. The molecule has 1 saturated heterocycles. The molecule has 1 aromatic rings. The van der Waals surface area contributed by atoms with Gasteiger partial charge in [-0.2, -0.15) is 5.10 Å². The Bertz CT molecular complexity index is 688. The Morgan fingerprint density at radius 2 is 1.85 bits per heavy atom. The lowest BCUT2D eigenvalue weighted by atomic mass is 9.97. The number of aryl methyl sites for hydroxylation is 1. The number of carbonyl (C=O) groups is 3. The van der Waals surface area contributed by atoms with Gasteiger partial charge >= 0.3 is 5.97 Å². The zero-order chi connectivity index (χ0) is 20.1. The normalized spacial score (nSPS) is 15.2. The van der Waals surface area contributed by atoms with Crippen molar-refractivity contribution in [2.24, 2.45) is 5.92 Å². The fourth-order valence-corrected chi connectivity index (χ4v) is 3.54. The maximum absolute atomic E-state index is 12.7. The van der Waals surface area contributed by atoms with Gasteiger partial charge in [-0.25, -0.2) is 0 Å². The molecule has 2 heterocycles. The van der Waals surface area contributed by atoms with Crippen molar-refractivity contribution in [3.8, 4) is 0 Å². The van der Waals surface area contributed by atoms with E-state index in [-0.39, 0.29) is 30.3 Å². The van der Waals surface area contributed by atoms with E-state index in [9.17, 15) is 14.4 Å². The number of rotatable bonds is 7. The third-order valence-electron chi connectivity index (χ3n) is 5.35. The van der Waals surface area contributed by atoms with E-state index < -0.39 is 5.97 Å². The summed E-state index contributed by atoms with van der Waals surface area (Å²) >= 11 is 0. The number of carboxylic acid groups (broad SMARTS) is 1. The van der Waals surface area contributed by atoms with Crippen molar-refractivity contribution in [3.63, 3.8) is 0 Å². The number of carbonyl (C=O) groups excluding carboxylic acids is 2. The Morgan fingerprint density at radius 3 is 2.37 bits per heavy atom. The van der Waals surface area contributed by atoms with Crippen LogP contribution in [0.25, 0.3) is 0 Å². The highest BCUT2D eigenvalue weighted by molar-refractivity contribution is 5.94. The van der Waals surface area contributed by atoms with Crippen LogP contribution >= 0.6 is 0 Å². The van der Waals surface area contributed by atoms with Gasteiger partial charge < -0.3 is 14.9 Å². The van der Waals surface area contributed by atoms with E-state index in [1.165, 1.54) is 4.90 Å². The molecule has 0 saturated carbocycles. The van der Waals surface area contributed by atoms with Crippen LogP contribution in [0.15, 0.2) is 6.07 Å². The van der Waals surface area contributed by atoms with Crippen molar-refractivity contribution in [2.45, 2.75) is 52.5 Å². The van der Waals surface area contributed by atoms with Crippen LogP contribution in [-0.2, 0) is 9.59 Å². The van der Waals surface area contributed by atoms with Crippen LogP contribution in [0.3, 0.4) is 0 Å². The monoisotopic (exact) mass is 378 g/mol. The van der Waals surface area contributed by atoms with Crippen LogP contribution in [0.4, 0.5) is 0 Å². The standard InChI is InChI=1S/C19H30N4O4/c1-5-15(6-2)23-13(3)11-16(20-23)18(25)21(4)12-17(24)22-9-7-14(8-10-22)19(26)27/h11,14-15H,5-10,12H2,1-4H3,(H,26,27). The van der Waals surface area contributed by atoms with Gasteiger partial charge in [0.1, 0.15) is 0 Å². The molecule has 1 fully saturated rings. The molecule has 0 radical (unpaired) electrons. The molecule has 2 amide bonds. The van der Waals surface area contributed by atoms with Gasteiger partial charge in [0.25, 0.3) is 5.91 Å². The van der Waals surface area contributed by atoms with Crippen LogP contribution in [-0.4, -0.2) is 69.2 Å². The lowest BCUT2D eigenvalue weighted by molar-refractivity contribution is -0.145. The van der Waals surface area contributed by atoms with Crippen LogP contribution in [0, 0.1) is 12.8 Å². The number of aromatic nitrogens is 2. The van der Waals surface area contributed by atoms with Crippen LogP contribution in [0.1, 0.15) is 61.8 Å². The number of likely N-dealkylation sites (N-methyl/N-ethyl adjacent to an activating group) is 1. The number of piperidine rings is 1. The second kappa shape index (κ2) is 9.01. The number of nitrogens with zero attached hydrogens (tertiary/aromatic N) is 4. The molecular weight excluding hydrogens is 348 g/mol. The Kier molecular flexibility index (Phi) is 6.98. The first-order valence-electron chi connectivity index (χ1n) is 9.60. The summed E-state index contributed by atoms with van der Waals surface area (Å²) in [6.45, 7) is 6.91. The smallest absolute Gasteiger partial charge is 0.306 e. The lowest BCUT2D eigenvalue weighted by Crippen LogP contribution is -2.45. The van der Waals surface area contributed by atoms with Crippen molar-refractivity contribution in [3.05, 3.63) is 17.5 Å². The van der Waals surface area contributed by atoms with E-state index in [4.69, 9.17) is 5.11 Å². The quantitative estimate of drug-likeness (QED) is 0.782. The molecule has 0 aliphatic carbocycles. The summed E-state index contributed by atoms with van der Waals surface area (Å²) in [6, 6.07) is 2.02. The van der Waals surface area contributed by atoms with Crippen molar-refractivity contribution in [2.75, 3.05) is 26.7 Å². The van der Waals surface area contributed by atoms with E-state index in [0.717, 1.165) is 18.5 Å². The summed E-state index contributed by atoms with van der Waals surface area (Å²) < 4.78 is 1.89. The molecule has 150 valence electrons. The van der Waals surface area contributed by atoms with Gasteiger partial charge in [0.15, 0.2) is 5.69 Å². The van der Waals surface area contributed by atoms with E-state index in [1.807, 2.05) is 11.6 Å². The summed E-state index contributed by atoms with van der Waals surface area (Å²) in [5.74, 6) is -1.63. The summed E-state index contributed by atoms with van der Waals surface area (Å²) in [5.41, 5.74) is 1.28. The van der Waals surface area contributed by atoms with Gasteiger partial charge in [-0.3, -0.25) is 19.1 Å². The molecule has 1 aliphatic heterocycles. The Balaban J connectivity index is 1.97. The third-order valence-corrected chi connectivity index (χ3v) is 5.35. The molecular formula is C19H30N4O4. The van der Waals surface area contributed by atoms with E-state index in [0.29, 0.717) is 31.6 Å². The van der Waals surface area contributed by atoms with Gasteiger partial charge in [0.05, 0.1) is 18.5 Å². The molecule has 8 heteroatoms. The molecule has 1 aromatic heterocycles. The van der Waals surface area contributed by atoms with Gasteiger partial charge in [0, 0.05) is 25.8 Å². The minimum Gasteiger partial charge on any atom is -0.481 e. The van der Waals surface area contributed by atoms with Gasteiger partial charge in [0.2, 0.25) is 5.91 Å². The Hall–Kier alpha value is -2.38. The summed E-state index contributed by atoms with van der Waals surface area (Å²) in [5, 5.41) is 13.5. The van der Waals surface area contributed by atoms with E-state index in [1.54, 1.807) is 18.0 Å². The SMILES string of the molecule is CCC(CC)n1nc(C(=O)N(C)CC(=O)N2CCC(C(=O)O)CC2)cc1C. The molecule has 0 bridgehead atoms. The summed E-state index contributed by atoms with van der Waals surface area (Å²) in [4.78, 5) is 39.1.